The number of hydrogen-bond acceptors (Lipinski definition) is 6. The minimum absolute atomic E-state index is 0.484. The van der Waals surface area contributed by atoms with Crippen LogP contribution in [0.4, 0.5) is 5.13 Å². The number of halogens is 1. The van der Waals surface area contributed by atoms with Gasteiger partial charge >= 0.3 is 0 Å². The monoisotopic (exact) mass is 352 g/mol. The maximum atomic E-state index is 10.4. The van der Waals surface area contributed by atoms with Gasteiger partial charge in [-0.25, -0.2) is 4.98 Å². The first-order valence-corrected chi connectivity index (χ1v) is 8.98. The number of anilines is 1. The van der Waals surface area contributed by atoms with Gasteiger partial charge in [-0.2, -0.15) is 4.37 Å². The predicted molar refractivity (Wildman–Crippen MR) is 94.3 cm³/mol. The number of hydrogen-bond donors (Lipinski definition) is 1. The molecule has 0 amide bonds. The SMILES string of the molecule is Cc1nsc(N2CCCN(C[C@@H](O)c3ccc(Cl)cc3)CC2)n1. The van der Waals surface area contributed by atoms with Gasteiger partial charge in [-0.15, -0.1) is 0 Å². The van der Waals surface area contributed by atoms with Crippen LogP contribution in [0.25, 0.3) is 0 Å². The first-order chi connectivity index (χ1) is 11.1. The molecule has 0 bridgehead atoms. The van der Waals surface area contributed by atoms with Gasteiger partial charge in [0.25, 0.3) is 0 Å². The summed E-state index contributed by atoms with van der Waals surface area (Å²) in [5.74, 6) is 0.837. The van der Waals surface area contributed by atoms with Crippen LogP contribution in [0.5, 0.6) is 0 Å². The topological polar surface area (TPSA) is 52.5 Å². The highest BCUT2D eigenvalue weighted by molar-refractivity contribution is 7.09. The zero-order valence-corrected chi connectivity index (χ0v) is 14.7. The Balaban J connectivity index is 1.56. The molecule has 1 saturated heterocycles. The van der Waals surface area contributed by atoms with Gasteiger partial charge in [0, 0.05) is 49.3 Å². The average Bonchev–Trinajstić information content (AvgIpc) is 2.83. The van der Waals surface area contributed by atoms with Crippen molar-refractivity contribution in [3.63, 3.8) is 0 Å². The molecule has 1 aromatic heterocycles. The summed E-state index contributed by atoms with van der Waals surface area (Å²) in [5.41, 5.74) is 0.912. The smallest absolute Gasteiger partial charge is 0.205 e. The maximum Gasteiger partial charge on any atom is 0.205 e. The summed E-state index contributed by atoms with van der Waals surface area (Å²) < 4.78 is 4.26. The molecule has 2 heterocycles. The lowest BCUT2D eigenvalue weighted by atomic mass is 10.1. The normalized spacial score (nSPS) is 18.0. The second-order valence-electron chi connectivity index (χ2n) is 5.83. The average molecular weight is 353 g/mol. The Morgan fingerprint density at radius 1 is 1.22 bits per heavy atom. The lowest BCUT2D eigenvalue weighted by molar-refractivity contribution is 0.117. The van der Waals surface area contributed by atoms with Gasteiger partial charge in [0.2, 0.25) is 5.13 Å². The fourth-order valence-corrected chi connectivity index (χ4v) is 3.65. The number of rotatable bonds is 4. The molecule has 1 N–H and O–H groups in total. The van der Waals surface area contributed by atoms with E-state index >= 15 is 0 Å². The highest BCUT2D eigenvalue weighted by atomic mass is 35.5. The molecule has 0 aliphatic carbocycles. The Labute approximate surface area is 145 Å². The van der Waals surface area contributed by atoms with Crippen LogP contribution in [0.3, 0.4) is 0 Å². The zero-order chi connectivity index (χ0) is 16.2. The van der Waals surface area contributed by atoms with Crippen molar-refractivity contribution >= 4 is 28.3 Å². The predicted octanol–water partition coefficient (Wildman–Crippen LogP) is 2.75. The van der Waals surface area contributed by atoms with E-state index in [-0.39, 0.29) is 0 Å². The number of β-amino-alcohol motifs (C(OH)–C–C–N with tert-alkyl or cyclic N) is 1. The lowest BCUT2D eigenvalue weighted by Gasteiger charge is -2.24. The molecule has 1 aliphatic heterocycles. The summed E-state index contributed by atoms with van der Waals surface area (Å²) in [4.78, 5) is 9.07. The Kier molecular flexibility index (Phi) is 5.48. The van der Waals surface area contributed by atoms with Crippen molar-refractivity contribution in [3.8, 4) is 0 Å². The summed E-state index contributed by atoms with van der Waals surface area (Å²) >= 11 is 7.36. The van der Waals surface area contributed by atoms with E-state index in [1.807, 2.05) is 31.2 Å². The quantitative estimate of drug-likeness (QED) is 0.917. The summed E-state index contributed by atoms with van der Waals surface area (Å²) in [6.45, 7) is 6.38. The van der Waals surface area contributed by atoms with Crippen molar-refractivity contribution < 1.29 is 5.11 Å². The third-order valence-corrected chi connectivity index (χ3v) is 5.18. The van der Waals surface area contributed by atoms with Crippen molar-refractivity contribution in [3.05, 3.63) is 40.7 Å². The van der Waals surface area contributed by atoms with E-state index in [0.29, 0.717) is 11.6 Å². The van der Waals surface area contributed by atoms with E-state index in [9.17, 15) is 5.11 Å². The molecule has 0 unspecified atom stereocenters. The van der Waals surface area contributed by atoms with Gasteiger partial charge in [0.1, 0.15) is 5.82 Å². The molecule has 5 nitrogen and oxygen atoms in total. The molecule has 124 valence electrons. The van der Waals surface area contributed by atoms with Crippen LogP contribution in [-0.4, -0.2) is 52.1 Å². The van der Waals surface area contributed by atoms with E-state index in [1.54, 1.807) is 0 Å². The van der Waals surface area contributed by atoms with Gasteiger partial charge in [0.05, 0.1) is 6.10 Å². The van der Waals surface area contributed by atoms with Crippen molar-refractivity contribution in [2.45, 2.75) is 19.4 Å². The van der Waals surface area contributed by atoms with E-state index in [4.69, 9.17) is 11.6 Å². The Hall–Kier alpha value is -1.21. The second kappa shape index (κ2) is 7.57. The van der Waals surface area contributed by atoms with Gasteiger partial charge in [-0.1, -0.05) is 23.7 Å². The van der Waals surface area contributed by atoms with Gasteiger partial charge in [0.15, 0.2) is 0 Å². The molecule has 0 saturated carbocycles. The third-order valence-electron chi connectivity index (χ3n) is 4.06. The van der Waals surface area contributed by atoms with Gasteiger partial charge in [-0.05, 0) is 31.0 Å². The molecule has 3 rings (SSSR count). The molecule has 1 aromatic carbocycles. The molecule has 1 atom stereocenters. The van der Waals surface area contributed by atoms with E-state index in [0.717, 1.165) is 49.1 Å². The van der Waals surface area contributed by atoms with Crippen LogP contribution >= 0.6 is 23.1 Å². The van der Waals surface area contributed by atoms with E-state index in [2.05, 4.69) is 19.2 Å². The van der Waals surface area contributed by atoms with Crippen LogP contribution in [0.2, 0.25) is 5.02 Å². The summed E-state index contributed by atoms with van der Waals surface area (Å²) in [7, 11) is 0. The van der Waals surface area contributed by atoms with Crippen molar-refractivity contribution in [2.75, 3.05) is 37.6 Å². The maximum absolute atomic E-state index is 10.4. The molecular weight excluding hydrogens is 332 g/mol. The zero-order valence-electron chi connectivity index (χ0n) is 13.2. The fraction of sp³-hybridized carbons (Fsp3) is 0.500. The minimum atomic E-state index is -0.484. The van der Waals surface area contributed by atoms with Crippen LogP contribution in [-0.2, 0) is 0 Å². The van der Waals surface area contributed by atoms with Gasteiger partial charge < -0.3 is 10.0 Å². The van der Waals surface area contributed by atoms with E-state index in [1.165, 1.54) is 11.5 Å². The Morgan fingerprint density at radius 2 is 2.00 bits per heavy atom. The largest absolute Gasteiger partial charge is 0.387 e. The summed E-state index contributed by atoms with van der Waals surface area (Å²) in [6, 6.07) is 7.42. The second-order valence-corrected chi connectivity index (χ2v) is 7.00. The lowest BCUT2D eigenvalue weighted by Crippen LogP contribution is -2.33. The third kappa shape index (κ3) is 4.41. The molecule has 7 heteroatoms. The Morgan fingerprint density at radius 3 is 2.70 bits per heavy atom. The molecule has 1 aliphatic rings. The minimum Gasteiger partial charge on any atom is -0.387 e. The number of benzene rings is 1. The van der Waals surface area contributed by atoms with Crippen molar-refractivity contribution in [1.29, 1.82) is 0 Å². The van der Waals surface area contributed by atoms with Crippen molar-refractivity contribution in [2.24, 2.45) is 0 Å². The number of nitrogens with zero attached hydrogens (tertiary/aromatic N) is 4. The first-order valence-electron chi connectivity index (χ1n) is 7.83. The molecule has 2 aromatic rings. The number of aliphatic hydroxyl groups is 1. The Bertz CT molecular complexity index is 633. The molecule has 0 spiro atoms. The molecule has 23 heavy (non-hydrogen) atoms. The van der Waals surface area contributed by atoms with Crippen LogP contribution in [0.1, 0.15) is 23.9 Å². The number of aryl methyl sites for hydroxylation is 1. The first kappa shape index (κ1) is 16.6. The standard InChI is InChI=1S/C16H21ClN4OS/c1-12-18-16(23-19-12)21-8-2-7-20(9-10-21)11-15(22)13-3-5-14(17)6-4-13/h3-6,15,22H,2,7-11H2,1H3/t15-/m1/s1. The molecule has 1 fully saturated rings. The molecule has 0 radical (unpaired) electrons. The van der Waals surface area contributed by atoms with Crippen LogP contribution in [0, 0.1) is 6.92 Å². The van der Waals surface area contributed by atoms with Crippen LogP contribution in [0.15, 0.2) is 24.3 Å². The number of aromatic nitrogens is 2. The van der Waals surface area contributed by atoms with Gasteiger partial charge in [-0.3, -0.25) is 4.90 Å². The summed E-state index contributed by atoms with van der Waals surface area (Å²) in [5, 5.41) is 12.1. The highest BCUT2D eigenvalue weighted by Gasteiger charge is 2.20. The van der Waals surface area contributed by atoms with Crippen molar-refractivity contribution in [1.82, 2.24) is 14.3 Å². The van der Waals surface area contributed by atoms with Crippen LogP contribution < -0.4 is 4.90 Å². The van der Waals surface area contributed by atoms with E-state index < -0.39 is 6.10 Å². The molecular formula is C16H21ClN4OS. The fourth-order valence-electron chi connectivity index (χ4n) is 2.79. The highest BCUT2D eigenvalue weighted by Crippen LogP contribution is 2.21. The number of aliphatic hydroxyl groups excluding tert-OH is 1. The summed E-state index contributed by atoms with van der Waals surface area (Å²) in [6.07, 6.45) is 0.578.